The molecular formula is C12H18Cl2O3. The van der Waals surface area contributed by atoms with E-state index in [9.17, 15) is 4.79 Å². The molecule has 2 atom stereocenters. The number of alkyl halides is 2. The average molecular weight is 281 g/mol. The molecule has 2 N–H and O–H groups in total. The Balaban J connectivity index is 0.000000437. The first-order valence-electron chi connectivity index (χ1n) is 5.48. The second kappa shape index (κ2) is 8.56. The summed E-state index contributed by atoms with van der Waals surface area (Å²) in [6, 6.07) is 0. The van der Waals surface area contributed by atoms with E-state index in [-0.39, 0.29) is 6.42 Å². The second-order valence-corrected chi connectivity index (χ2v) is 4.89. The number of hydrogen-bond donors (Lipinski definition) is 2. The fourth-order valence-electron chi connectivity index (χ4n) is 1.18. The summed E-state index contributed by atoms with van der Waals surface area (Å²) in [5, 5.41) is 16.2. The van der Waals surface area contributed by atoms with Gasteiger partial charge in [0, 0.05) is 6.61 Å². The summed E-state index contributed by atoms with van der Waals surface area (Å²) >= 11 is 11.8. The Bertz CT molecular complexity index is 287. The summed E-state index contributed by atoms with van der Waals surface area (Å²) in [6.45, 7) is 2.40. The third-order valence-corrected chi connectivity index (χ3v) is 3.30. The molecule has 1 rings (SSSR count). The number of aliphatic carboxylic acids is 1. The molecule has 1 aliphatic carbocycles. The highest BCUT2D eigenvalue weighted by molar-refractivity contribution is 6.35. The van der Waals surface area contributed by atoms with E-state index in [0.29, 0.717) is 6.61 Å². The van der Waals surface area contributed by atoms with Gasteiger partial charge in [-0.15, -0.1) is 23.2 Å². The normalized spacial score (nSPS) is 26.2. The van der Waals surface area contributed by atoms with Crippen LogP contribution in [0.5, 0.6) is 0 Å². The third-order valence-electron chi connectivity index (χ3n) is 2.16. The van der Waals surface area contributed by atoms with E-state index in [1.54, 1.807) is 24.3 Å². The lowest BCUT2D eigenvalue weighted by molar-refractivity contribution is -0.137. The number of aliphatic hydroxyl groups is 1. The van der Waals surface area contributed by atoms with Gasteiger partial charge in [0.1, 0.15) is 0 Å². The first kappa shape index (κ1) is 16.5. The maximum atomic E-state index is 10.4. The number of unbranched alkanes of at least 4 members (excludes halogenated alkanes) is 1. The molecule has 0 amide bonds. The smallest absolute Gasteiger partial charge is 0.305 e. The molecule has 5 heteroatoms. The van der Waals surface area contributed by atoms with Gasteiger partial charge in [-0.05, 0) is 6.42 Å². The van der Waals surface area contributed by atoms with Crippen LogP contribution in [0.3, 0.4) is 0 Å². The molecule has 0 aromatic carbocycles. The highest BCUT2D eigenvalue weighted by Gasteiger charge is 2.35. The number of allylic oxidation sites excluding steroid dienone is 4. The SMILES string of the molecule is CCCCO.O=C(O)CC1(Cl)C=CC=CC1Cl. The van der Waals surface area contributed by atoms with Crippen molar-refractivity contribution >= 4 is 29.2 Å². The Morgan fingerprint density at radius 2 is 2.12 bits per heavy atom. The predicted octanol–water partition coefficient (Wildman–Crippen LogP) is 2.95. The van der Waals surface area contributed by atoms with Crippen molar-refractivity contribution in [2.45, 2.75) is 36.4 Å². The molecule has 0 fully saturated rings. The van der Waals surface area contributed by atoms with Crippen molar-refractivity contribution in [2.75, 3.05) is 6.61 Å². The van der Waals surface area contributed by atoms with Gasteiger partial charge in [0.2, 0.25) is 0 Å². The minimum atomic E-state index is -0.970. The van der Waals surface area contributed by atoms with Gasteiger partial charge in [0.25, 0.3) is 0 Å². The van der Waals surface area contributed by atoms with Gasteiger partial charge < -0.3 is 10.2 Å². The summed E-state index contributed by atoms with van der Waals surface area (Å²) in [6.07, 6.45) is 8.62. The quantitative estimate of drug-likeness (QED) is 0.779. The molecule has 17 heavy (non-hydrogen) atoms. The average Bonchev–Trinajstić information content (AvgIpc) is 2.24. The van der Waals surface area contributed by atoms with Crippen LogP contribution in [-0.4, -0.2) is 33.0 Å². The third kappa shape index (κ3) is 6.71. The molecule has 2 unspecified atom stereocenters. The van der Waals surface area contributed by atoms with Crippen LogP contribution in [-0.2, 0) is 4.79 Å². The molecule has 0 radical (unpaired) electrons. The highest BCUT2D eigenvalue weighted by Crippen LogP contribution is 2.33. The lowest BCUT2D eigenvalue weighted by Crippen LogP contribution is -2.33. The van der Waals surface area contributed by atoms with Crippen LogP contribution in [0.25, 0.3) is 0 Å². The second-order valence-electron chi connectivity index (χ2n) is 3.72. The molecule has 0 bridgehead atoms. The molecule has 0 aliphatic heterocycles. The molecule has 0 aromatic rings. The van der Waals surface area contributed by atoms with E-state index in [1.807, 2.05) is 0 Å². The van der Waals surface area contributed by atoms with Gasteiger partial charge in [-0.1, -0.05) is 37.6 Å². The molecule has 0 saturated heterocycles. The largest absolute Gasteiger partial charge is 0.481 e. The first-order chi connectivity index (χ1) is 7.96. The number of carboxylic acid groups (broad SMARTS) is 1. The van der Waals surface area contributed by atoms with E-state index in [4.69, 9.17) is 33.4 Å². The minimum absolute atomic E-state index is 0.163. The maximum Gasteiger partial charge on any atom is 0.305 e. The Hall–Kier alpha value is -0.510. The number of carbonyl (C=O) groups is 1. The van der Waals surface area contributed by atoms with Crippen LogP contribution in [0.1, 0.15) is 26.2 Å². The van der Waals surface area contributed by atoms with Crippen molar-refractivity contribution in [1.82, 2.24) is 0 Å². The van der Waals surface area contributed by atoms with Crippen LogP contribution < -0.4 is 0 Å². The van der Waals surface area contributed by atoms with E-state index in [0.717, 1.165) is 12.8 Å². The Labute approximate surface area is 112 Å². The first-order valence-corrected chi connectivity index (χ1v) is 6.29. The van der Waals surface area contributed by atoms with Crippen LogP contribution >= 0.6 is 23.2 Å². The van der Waals surface area contributed by atoms with Gasteiger partial charge in [0.15, 0.2) is 0 Å². The fourth-order valence-corrected chi connectivity index (χ4v) is 1.67. The molecule has 0 heterocycles. The van der Waals surface area contributed by atoms with Crippen molar-refractivity contribution in [3.8, 4) is 0 Å². The van der Waals surface area contributed by atoms with Crippen molar-refractivity contribution in [3.05, 3.63) is 24.3 Å². The van der Waals surface area contributed by atoms with E-state index >= 15 is 0 Å². The Kier molecular flexibility index (Phi) is 8.30. The van der Waals surface area contributed by atoms with Gasteiger partial charge in [-0.2, -0.15) is 0 Å². The molecule has 0 aromatic heterocycles. The van der Waals surface area contributed by atoms with E-state index < -0.39 is 16.2 Å². The van der Waals surface area contributed by atoms with Crippen LogP contribution in [0.2, 0.25) is 0 Å². The number of halogens is 2. The lowest BCUT2D eigenvalue weighted by atomic mass is 9.96. The maximum absolute atomic E-state index is 10.4. The van der Waals surface area contributed by atoms with Crippen LogP contribution in [0.15, 0.2) is 24.3 Å². The van der Waals surface area contributed by atoms with Crippen molar-refractivity contribution in [2.24, 2.45) is 0 Å². The van der Waals surface area contributed by atoms with Gasteiger partial charge in [-0.25, -0.2) is 0 Å². The summed E-state index contributed by atoms with van der Waals surface area (Å²) in [5.41, 5.74) is 0. The van der Waals surface area contributed by atoms with Crippen molar-refractivity contribution < 1.29 is 15.0 Å². The Morgan fingerprint density at radius 1 is 1.47 bits per heavy atom. The summed E-state index contributed by atoms with van der Waals surface area (Å²) in [7, 11) is 0. The van der Waals surface area contributed by atoms with E-state index in [2.05, 4.69) is 6.92 Å². The molecule has 3 nitrogen and oxygen atoms in total. The summed E-state index contributed by atoms with van der Waals surface area (Å²) in [4.78, 5) is 9.45. The zero-order valence-corrected chi connectivity index (χ0v) is 11.3. The minimum Gasteiger partial charge on any atom is -0.481 e. The van der Waals surface area contributed by atoms with E-state index in [1.165, 1.54) is 0 Å². The Morgan fingerprint density at radius 3 is 2.47 bits per heavy atom. The number of hydrogen-bond acceptors (Lipinski definition) is 2. The predicted molar refractivity (Wildman–Crippen MR) is 70.8 cm³/mol. The number of rotatable bonds is 4. The van der Waals surface area contributed by atoms with Crippen molar-refractivity contribution in [3.63, 3.8) is 0 Å². The highest BCUT2D eigenvalue weighted by atomic mass is 35.5. The molecule has 0 saturated carbocycles. The van der Waals surface area contributed by atoms with Crippen LogP contribution in [0.4, 0.5) is 0 Å². The number of aliphatic hydroxyl groups excluding tert-OH is 1. The lowest BCUT2D eigenvalue weighted by Gasteiger charge is -2.26. The molecular weight excluding hydrogens is 263 g/mol. The van der Waals surface area contributed by atoms with Gasteiger partial charge >= 0.3 is 5.97 Å². The monoisotopic (exact) mass is 280 g/mol. The summed E-state index contributed by atoms with van der Waals surface area (Å²) in [5.74, 6) is -0.949. The van der Waals surface area contributed by atoms with Gasteiger partial charge in [0.05, 0.1) is 16.7 Å². The zero-order valence-electron chi connectivity index (χ0n) is 9.77. The molecule has 0 spiro atoms. The molecule has 98 valence electrons. The van der Waals surface area contributed by atoms with Crippen molar-refractivity contribution in [1.29, 1.82) is 0 Å². The fraction of sp³-hybridized carbons (Fsp3) is 0.583. The zero-order chi connectivity index (χ0) is 13.3. The van der Waals surface area contributed by atoms with Gasteiger partial charge in [-0.3, -0.25) is 4.79 Å². The molecule has 1 aliphatic rings. The topological polar surface area (TPSA) is 57.5 Å². The summed E-state index contributed by atoms with van der Waals surface area (Å²) < 4.78 is 0. The standard InChI is InChI=1S/C8H8Cl2O2.C4H10O/c9-6-3-1-2-4-8(6,10)5-7(11)12;1-2-3-4-5/h1-4,6H,5H2,(H,11,12);5H,2-4H2,1H3. The van der Waals surface area contributed by atoms with Crippen LogP contribution in [0, 0.1) is 0 Å². The number of carboxylic acids is 1.